The molecule has 20 heavy (non-hydrogen) atoms. The summed E-state index contributed by atoms with van der Waals surface area (Å²) in [6, 6.07) is 6.10. The molecule has 2 aromatic rings. The number of carbonyl (C=O) groups excluding carboxylic acids is 1. The molecule has 1 aromatic heterocycles. The molecule has 1 heterocycles. The molecule has 1 amide bonds. The number of aryl methyl sites for hydroxylation is 2. The Morgan fingerprint density at radius 1 is 1.40 bits per heavy atom. The second-order valence-electron chi connectivity index (χ2n) is 4.54. The highest BCUT2D eigenvalue weighted by Gasteiger charge is 2.18. The van der Waals surface area contributed by atoms with Crippen molar-refractivity contribution in [3.63, 3.8) is 0 Å². The molecular weight excluding hydrogens is 274 g/mol. The largest absolute Gasteiger partial charge is 0.358 e. The zero-order chi connectivity index (χ0) is 14.7. The number of aromatic nitrogens is 4. The Morgan fingerprint density at radius 2 is 2.15 bits per heavy atom. The van der Waals surface area contributed by atoms with Crippen molar-refractivity contribution >= 4 is 17.7 Å². The molecule has 0 unspecified atom stereocenters. The number of nitrogens with zero attached hydrogens (tertiary/aromatic N) is 4. The Kier molecular flexibility index (Phi) is 4.39. The van der Waals surface area contributed by atoms with Gasteiger partial charge in [0, 0.05) is 7.05 Å². The zero-order valence-corrected chi connectivity index (χ0v) is 12.7. The maximum atomic E-state index is 11.6. The summed E-state index contributed by atoms with van der Waals surface area (Å²) in [4.78, 5) is 11.6. The molecule has 0 aliphatic rings. The first-order chi connectivity index (χ1) is 9.52. The minimum absolute atomic E-state index is 0.0504. The van der Waals surface area contributed by atoms with Crippen LogP contribution in [0.2, 0.25) is 0 Å². The lowest BCUT2D eigenvalue weighted by molar-refractivity contribution is -0.119. The predicted octanol–water partition coefficient (Wildman–Crippen LogP) is 1.51. The fourth-order valence-electron chi connectivity index (χ4n) is 1.77. The normalized spacial score (nSPS) is 12.2. The molecular formula is C13H17N5OS. The summed E-state index contributed by atoms with van der Waals surface area (Å²) in [5.74, 6) is -0.0504. The number of carbonyl (C=O) groups is 1. The lowest BCUT2D eigenvalue weighted by Crippen LogP contribution is -2.27. The van der Waals surface area contributed by atoms with Gasteiger partial charge in [-0.3, -0.25) is 4.79 Å². The maximum Gasteiger partial charge on any atom is 0.233 e. The Balaban J connectivity index is 2.33. The van der Waals surface area contributed by atoms with E-state index in [1.807, 2.05) is 39.0 Å². The molecule has 0 fully saturated rings. The van der Waals surface area contributed by atoms with Crippen molar-refractivity contribution in [2.24, 2.45) is 0 Å². The van der Waals surface area contributed by atoms with Crippen LogP contribution in [0.1, 0.15) is 18.1 Å². The van der Waals surface area contributed by atoms with Crippen LogP contribution in [0.25, 0.3) is 5.69 Å². The van der Waals surface area contributed by atoms with E-state index in [0.29, 0.717) is 5.16 Å². The molecule has 1 atom stereocenters. The summed E-state index contributed by atoms with van der Waals surface area (Å²) in [5.41, 5.74) is 3.15. The second-order valence-corrected chi connectivity index (χ2v) is 5.85. The van der Waals surface area contributed by atoms with Gasteiger partial charge in [0.05, 0.1) is 10.9 Å². The van der Waals surface area contributed by atoms with Crippen LogP contribution in [-0.2, 0) is 4.79 Å². The topological polar surface area (TPSA) is 72.7 Å². The van der Waals surface area contributed by atoms with Gasteiger partial charge in [-0.15, -0.1) is 5.10 Å². The quantitative estimate of drug-likeness (QED) is 0.864. The Bertz CT molecular complexity index is 625. The van der Waals surface area contributed by atoms with Gasteiger partial charge in [-0.05, 0) is 48.4 Å². The molecule has 0 bridgehead atoms. The van der Waals surface area contributed by atoms with E-state index in [1.165, 1.54) is 11.8 Å². The van der Waals surface area contributed by atoms with Crippen LogP contribution >= 0.6 is 11.8 Å². The lowest BCUT2D eigenvalue weighted by Gasteiger charge is -2.11. The van der Waals surface area contributed by atoms with E-state index >= 15 is 0 Å². The van der Waals surface area contributed by atoms with Crippen LogP contribution in [0.15, 0.2) is 23.4 Å². The maximum absolute atomic E-state index is 11.6. The molecule has 0 spiro atoms. The fraction of sp³-hybridized carbons (Fsp3) is 0.385. The molecule has 0 aliphatic heterocycles. The van der Waals surface area contributed by atoms with Crippen LogP contribution in [-0.4, -0.2) is 38.4 Å². The molecule has 6 nitrogen and oxygen atoms in total. The second kappa shape index (κ2) is 6.04. The van der Waals surface area contributed by atoms with Crippen molar-refractivity contribution in [2.45, 2.75) is 31.2 Å². The smallest absolute Gasteiger partial charge is 0.233 e. The van der Waals surface area contributed by atoms with E-state index in [0.717, 1.165) is 16.8 Å². The van der Waals surface area contributed by atoms with Gasteiger partial charge in [-0.1, -0.05) is 23.9 Å². The molecule has 1 aromatic carbocycles. The van der Waals surface area contributed by atoms with E-state index in [4.69, 9.17) is 0 Å². The fourth-order valence-corrected chi connectivity index (χ4v) is 2.63. The third kappa shape index (κ3) is 2.98. The number of hydrogen-bond acceptors (Lipinski definition) is 5. The number of thioether (sulfide) groups is 1. The third-order valence-electron chi connectivity index (χ3n) is 2.93. The Labute approximate surface area is 121 Å². The molecule has 1 N–H and O–H groups in total. The third-order valence-corrected chi connectivity index (χ3v) is 3.96. The van der Waals surface area contributed by atoms with Crippen molar-refractivity contribution in [1.29, 1.82) is 0 Å². The number of hydrogen-bond donors (Lipinski definition) is 1. The van der Waals surface area contributed by atoms with Crippen LogP contribution in [0.3, 0.4) is 0 Å². The summed E-state index contributed by atoms with van der Waals surface area (Å²) in [6.07, 6.45) is 0. The predicted molar refractivity (Wildman–Crippen MR) is 78.0 cm³/mol. The minimum atomic E-state index is -0.255. The van der Waals surface area contributed by atoms with Gasteiger partial charge >= 0.3 is 0 Å². The van der Waals surface area contributed by atoms with Crippen molar-refractivity contribution in [3.8, 4) is 5.69 Å². The van der Waals surface area contributed by atoms with Gasteiger partial charge in [-0.2, -0.15) is 4.68 Å². The van der Waals surface area contributed by atoms with Gasteiger partial charge in [-0.25, -0.2) is 0 Å². The zero-order valence-electron chi connectivity index (χ0n) is 11.9. The first-order valence-electron chi connectivity index (χ1n) is 6.27. The van der Waals surface area contributed by atoms with Gasteiger partial charge in [0.15, 0.2) is 0 Å². The van der Waals surface area contributed by atoms with Crippen molar-refractivity contribution in [2.75, 3.05) is 7.05 Å². The molecule has 0 saturated heterocycles. The monoisotopic (exact) mass is 291 g/mol. The van der Waals surface area contributed by atoms with Gasteiger partial charge < -0.3 is 5.32 Å². The average Bonchev–Trinajstić information content (AvgIpc) is 2.88. The standard InChI is InChI=1S/C13H17N5OS/c1-8-5-6-9(2)11(7-8)18-13(15-16-17-18)20-10(3)12(19)14-4/h5-7,10H,1-4H3,(H,14,19)/t10-/m0/s1. The molecule has 7 heteroatoms. The first-order valence-corrected chi connectivity index (χ1v) is 7.15. The number of tetrazole rings is 1. The van der Waals surface area contributed by atoms with Gasteiger partial charge in [0.1, 0.15) is 0 Å². The van der Waals surface area contributed by atoms with E-state index in [-0.39, 0.29) is 11.2 Å². The molecule has 2 rings (SSSR count). The summed E-state index contributed by atoms with van der Waals surface area (Å²) in [7, 11) is 1.62. The van der Waals surface area contributed by atoms with Crippen molar-refractivity contribution in [3.05, 3.63) is 29.3 Å². The van der Waals surface area contributed by atoms with Crippen LogP contribution in [0.5, 0.6) is 0 Å². The molecule has 106 valence electrons. The number of rotatable bonds is 4. The van der Waals surface area contributed by atoms with E-state index in [9.17, 15) is 4.79 Å². The highest BCUT2D eigenvalue weighted by atomic mass is 32.2. The van der Waals surface area contributed by atoms with Crippen molar-refractivity contribution < 1.29 is 4.79 Å². The van der Waals surface area contributed by atoms with Gasteiger partial charge in [0.25, 0.3) is 0 Å². The van der Waals surface area contributed by atoms with E-state index in [1.54, 1.807) is 11.7 Å². The van der Waals surface area contributed by atoms with Crippen LogP contribution in [0, 0.1) is 13.8 Å². The summed E-state index contributed by atoms with van der Waals surface area (Å²) in [5, 5.41) is 14.7. The Hall–Kier alpha value is -1.89. The summed E-state index contributed by atoms with van der Waals surface area (Å²) < 4.78 is 1.67. The summed E-state index contributed by atoms with van der Waals surface area (Å²) in [6.45, 7) is 5.85. The van der Waals surface area contributed by atoms with E-state index in [2.05, 4.69) is 20.8 Å². The average molecular weight is 291 g/mol. The van der Waals surface area contributed by atoms with E-state index < -0.39 is 0 Å². The molecule has 0 radical (unpaired) electrons. The van der Waals surface area contributed by atoms with Crippen LogP contribution < -0.4 is 5.32 Å². The molecule has 0 saturated carbocycles. The number of benzene rings is 1. The molecule has 0 aliphatic carbocycles. The first kappa shape index (κ1) is 14.5. The highest BCUT2D eigenvalue weighted by Crippen LogP contribution is 2.24. The SMILES string of the molecule is CNC(=O)[C@H](C)Sc1nnnn1-c1cc(C)ccc1C. The van der Waals surface area contributed by atoms with Crippen molar-refractivity contribution in [1.82, 2.24) is 25.5 Å². The number of nitrogens with one attached hydrogen (secondary N) is 1. The highest BCUT2D eigenvalue weighted by molar-refractivity contribution is 8.00. The minimum Gasteiger partial charge on any atom is -0.358 e. The Morgan fingerprint density at radius 3 is 2.85 bits per heavy atom. The van der Waals surface area contributed by atoms with Crippen LogP contribution in [0.4, 0.5) is 0 Å². The summed E-state index contributed by atoms with van der Waals surface area (Å²) >= 11 is 1.33. The number of amides is 1. The lowest BCUT2D eigenvalue weighted by atomic mass is 10.1. The van der Waals surface area contributed by atoms with Gasteiger partial charge in [0.2, 0.25) is 11.1 Å².